The lowest BCUT2D eigenvalue weighted by Crippen LogP contribution is -2.28. The smallest absolute Gasteiger partial charge is 0.244 e. The summed E-state index contributed by atoms with van der Waals surface area (Å²) < 4.78 is 25.4. The van der Waals surface area contributed by atoms with Gasteiger partial charge in [0, 0.05) is 18.6 Å². The van der Waals surface area contributed by atoms with Crippen LogP contribution in [0.1, 0.15) is 13.3 Å². The molecule has 90 valence electrons. The molecule has 0 heterocycles. The Balaban J connectivity index is 3.17. The van der Waals surface area contributed by atoms with Crippen LogP contribution in [0.4, 0.5) is 5.69 Å². The molecule has 0 aliphatic heterocycles. The Morgan fingerprint density at radius 2 is 2.06 bits per heavy atom. The number of halogens is 1. The van der Waals surface area contributed by atoms with Crippen LogP contribution in [0.25, 0.3) is 0 Å². The Morgan fingerprint density at radius 1 is 1.44 bits per heavy atom. The van der Waals surface area contributed by atoms with Crippen LogP contribution in [0.3, 0.4) is 0 Å². The molecular formula is C10H15ClN2O2S. The van der Waals surface area contributed by atoms with E-state index in [1.54, 1.807) is 0 Å². The number of anilines is 1. The minimum Gasteiger partial charge on any atom is -0.398 e. The van der Waals surface area contributed by atoms with Gasteiger partial charge in [-0.2, -0.15) is 0 Å². The summed E-state index contributed by atoms with van der Waals surface area (Å²) >= 11 is 5.72. The highest BCUT2D eigenvalue weighted by Gasteiger charge is 2.22. The SMILES string of the molecule is CCCN(C)S(=O)(=O)c1ccc(Cl)cc1N. The van der Waals surface area contributed by atoms with Crippen LogP contribution in [-0.2, 0) is 10.0 Å². The number of nitrogens with two attached hydrogens (primary N) is 1. The predicted octanol–water partition coefficient (Wildman–Crippen LogP) is 1.95. The number of benzene rings is 1. The predicted molar refractivity (Wildman–Crippen MR) is 66.0 cm³/mol. The maximum Gasteiger partial charge on any atom is 0.244 e. The highest BCUT2D eigenvalue weighted by molar-refractivity contribution is 7.89. The molecule has 1 rings (SSSR count). The summed E-state index contributed by atoms with van der Waals surface area (Å²) in [5.41, 5.74) is 5.83. The van der Waals surface area contributed by atoms with Gasteiger partial charge in [0.1, 0.15) is 4.90 Å². The molecule has 0 fully saturated rings. The van der Waals surface area contributed by atoms with Gasteiger partial charge in [0.05, 0.1) is 5.69 Å². The zero-order valence-corrected chi connectivity index (χ0v) is 10.8. The van der Waals surface area contributed by atoms with Crippen molar-refractivity contribution in [2.24, 2.45) is 0 Å². The van der Waals surface area contributed by atoms with E-state index in [2.05, 4.69) is 0 Å². The molecule has 0 saturated carbocycles. The van der Waals surface area contributed by atoms with Gasteiger partial charge < -0.3 is 5.73 Å². The van der Waals surface area contributed by atoms with E-state index in [1.165, 1.54) is 29.6 Å². The molecule has 0 atom stereocenters. The minimum atomic E-state index is -3.50. The summed E-state index contributed by atoms with van der Waals surface area (Å²) in [6, 6.07) is 4.39. The third kappa shape index (κ3) is 2.66. The largest absolute Gasteiger partial charge is 0.398 e. The van der Waals surface area contributed by atoms with Crippen LogP contribution in [0.2, 0.25) is 5.02 Å². The van der Waals surface area contributed by atoms with Gasteiger partial charge in [-0.3, -0.25) is 0 Å². The lowest BCUT2D eigenvalue weighted by molar-refractivity contribution is 0.469. The number of hydrogen-bond donors (Lipinski definition) is 1. The molecule has 16 heavy (non-hydrogen) atoms. The summed E-state index contributed by atoms with van der Waals surface area (Å²) in [5.74, 6) is 0. The quantitative estimate of drug-likeness (QED) is 0.844. The van der Waals surface area contributed by atoms with Gasteiger partial charge in [-0.05, 0) is 24.6 Å². The normalized spacial score (nSPS) is 12.0. The Morgan fingerprint density at radius 3 is 2.56 bits per heavy atom. The van der Waals surface area contributed by atoms with Crippen LogP contribution >= 0.6 is 11.6 Å². The van der Waals surface area contributed by atoms with Crippen molar-refractivity contribution in [1.29, 1.82) is 0 Å². The van der Waals surface area contributed by atoms with Crippen LogP contribution in [0.15, 0.2) is 23.1 Å². The maximum atomic E-state index is 12.1. The van der Waals surface area contributed by atoms with E-state index in [0.29, 0.717) is 11.6 Å². The minimum absolute atomic E-state index is 0.104. The fourth-order valence-corrected chi connectivity index (χ4v) is 2.89. The number of hydrogen-bond acceptors (Lipinski definition) is 3. The fraction of sp³-hybridized carbons (Fsp3) is 0.400. The summed E-state index contributed by atoms with van der Waals surface area (Å²) in [4.78, 5) is 0.104. The summed E-state index contributed by atoms with van der Waals surface area (Å²) in [7, 11) is -1.96. The van der Waals surface area contributed by atoms with E-state index in [-0.39, 0.29) is 10.6 Å². The molecule has 0 amide bonds. The number of nitrogens with zero attached hydrogens (tertiary/aromatic N) is 1. The number of sulfonamides is 1. The molecule has 0 radical (unpaired) electrons. The first-order chi connectivity index (χ1) is 7.39. The van der Waals surface area contributed by atoms with Crippen LogP contribution in [0.5, 0.6) is 0 Å². The molecule has 4 nitrogen and oxygen atoms in total. The number of nitrogen functional groups attached to an aromatic ring is 1. The van der Waals surface area contributed by atoms with Crippen molar-refractivity contribution < 1.29 is 8.42 Å². The third-order valence-electron chi connectivity index (χ3n) is 2.20. The highest BCUT2D eigenvalue weighted by atomic mass is 35.5. The van der Waals surface area contributed by atoms with E-state index < -0.39 is 10.0 Å². The monoisotopic (exact) mass is 262 g/mol. The molecule has 1 aromatic rings. The second-order valence-corrected chi connectivity index (χ2v) is 5.96. The fourth-order valence-electron chi connectivity index (χ4n) is 1.36. The second kappa shape index (κ2) is 5.03. The Bertz CT molecular complexity index is 474. The molecule has 2 N–H and O–H groups in total. The summed E-state index contributed by atoms with van der Waals surface area (Å²) in [6.07, 6.45) is 0.753. The van der Waals surface area contributed by atoms with Crippen molar-refractivity contribution in [3.63, 3.8) is 0 Å². The van der Waals surface area contributed by atoms with Gasteiger partial charge in [0.15, 0.2) is 0 Å². The van der Waals surface area contributed by atoms with Gasteiger partial charge in [0.25, 0.3) is 0 Å². The molecule has 6 heteroatoms. The topological polar surface area (TPSA) is 63.4 Å². The Kier molecular flexibility index (Phi) is 4.18. The second-order valence-electron chi connectivity index (χ2n) is 3.51. The molecule has 0 aliphatic carbocycles. The molecular weight excluding hydrogens is 248 g/mol. The summed E-state index contributed by atoms with van der Waals surface area (Å²) in [6.45, 7) is 2.38. The lowest BCUT2D eigenvalue weighted by Gasteiger charge is -2.17. The van der Waals surface area contributed by atoms with Crippen LogP contribution in [0, 0.1) is 0 Å². The van der Waals surface area contributed by atoms with Crippen molar-refractivity contribution in [3.8, 4) is 0 Å². The molecule has 0 aromatic heterocycles. The molecule has 0 saturated heterocycles. The number of rotatable bonds is 4. The Labute approximate surface area is 101 Å². The van der Waals surface area contributed by atoms with Crippen LogP contribution < -0.4 is 5.73 Å². The van der Waals surface area contributed by atoms with Gasteiger partial charge >= 0.3 is 0 Å². The molecule has 0 unspecified atom stereocenters. The van der Waals surface area contributed by atoms with Crippen molar-refractivity contribution in [2.75, 3.05) is 19.3 Å². The molecule has 0 spiro atoms. The van der Waals surface area contributed by atoms with Gasteiger partial charge in [0.2, 0.25) is 10.0 Å². The van der Waals surface area contributed by atoms with Crippen molar-refractivity contribution in [3.05, 3.63) is 23.2 Å². The van der Waals surface area contributed by atoms with E-state index >= 15 is 0 Å². The van der Waals surface area contributed by atoms with E-state index in [0.717, 1.165) is 6.42 Å². The summed E-state index contributed by atoms with van der Waals surface area (Å²) in [5, 5.41) is 0.426. The van der Waals surface area contributed by atoms with Crippen molar-refractivity contribution in [1.82, 2.24) is 4.31 Å². The average molecular weight is 263 g/mol. The van der Waals surface area contributed by atoms with Gasteiger partial charge in [-0.25, -0.2) is 12.7 Å². The van der Waals surface area contributed by atoms with E-state index in [9.17, 15) is 8.42 Å². The zero-order chi connectivity index (χ0) is 12.3. The van der Waals surface area contributed by atoms with Crippen LogP contribution in [-0.4, -0.2) is 26.3 Å². The van der Waals surface area contributed by atoms with E-state index in [4.69, 9.17) is 17.3 Å². The zero-order valence-electron chi connectivity index (χ0n) is 9.27. The highest BCUT2D eigenvalue weighted by Crippen LogP contribution is 2.24. The first kappa shape index (κ1) is 13.3. The van der Waals surface area contributed by atoms with Gasteiger partial charge in [-0.1, -0.05) is 18.5 Å². The molecule has 1 aromatic carbocycles. The average Bonchev–Trinajstić information content (AvgIpc) is 2.17. The lowest BCUT2D eigenvalue weighted by atomic mass is 10.3. The maximum absolute atomic E-state index is 12.1. The van der Waals surface area contributed by atoms with Gasteiger partial charge in [-0.15, -0.1) is 0 Å². The third-order valence-corrected chi connectivity index (χ3v) is 4.36. The first-order valence-electron chi connectivity index (χ1n) is 4.91. The van der Waals surface area contributed by atoms with Crippen molar-refractivity contribution in [2.45, 2.75) is 18.2 Å². The standard InChI is InChI=1S/C10H15ClN2O2S/c1-3-6-13(2)16(14,15)10-5-4-8(11)7-9(10)12/h4-5,7H,3,6,12H2,1-2H3. The molecule has 0 bridgehead atoms. The first-order valence-corrected chi connectivity index (χ1v) is 6.72. The Hall–Kier alpha value is -0.780. The van der Waals surface area contributed by atoms with Crippen molar-refractivity contribution >= 4 is 27.3 Å². The van der Waals surface area contributed by atoms with E-state index in [1.807, 2.05) is 6.92 Å². The molecule has 0 aliphatic rings.